The van der Waals surface area contributed by atoms with Crippen molar-refractivity contribution in [3.63, 3.8) is 0 Å². The molecule has 0 atom stereocenters. The largest absolute Gasteiger partial charge is 0.348 e. The summed E-state index contributed by atoms with van der Waals surface area (Å²) in [5.41, 5.74) is 3.27. The molecular formula is C13H21N5OS. The zero-order chi connectivity index (χ0) is 14.5. The number of carbonyl (C=O) groups is 1. The van der Waals surface area contributed by atoms with Gasteiger partial charge in [0.2, 0.25) is 0 Å². The van der Waals surface area contributed by atoms with Crippen LogP contribution in [-0.2, 0) is 0 Å². The van der Waals surface area contributed by atoms with Crippen molar-refractivity contribution in [2.45, 2.75) is 38.6 Å². The predicted octanol–water partition coefficient (Wildman–Crippen LogP) is 1.51. The molecule has 20 heavy (non-hydrogen) atoms. The molecule has 2 heterocycles. The molecule has 0 aliphatic carbocycles. The van der Waals surface area contributed by atoms with Crippen molar-refractivity contribution in [1.82, 2.24) is 15.3 Å². The summed E-state index contributed by atoms with van der Waals surface area (Å²) in [5, 5.41) is 3.04. The van der Waals surface area contributed by atoms with Gasteiger partial charge in [0.25, 0.3) is 5.91 Å². The second kappa shape index (κ2) is 6.90. The summed E-state index contributed by atoms with van der Waals surface area (Å²) in [5.74, 6) is 8.25. The Balaban J connectivity index is 2.16. The number of nitrogens with zero attached hydrogens (tertiary/aromatic N) is 2. The Morgan fingerprint density at radius 3 is 2.75 bits per heavy atom. The number of amides is 1. The molecule has 7 heteroatoms. The SMILES string of the molecule is CC(C)c1ncc(NN)c(C(=O)NC2CCSCC2)n1. The number of nitrogens with two attached hydrogens (primary N) is 1. The number of rotatable bonds is 4. The first-order chi connectivity index (χ1) is 9.61. The Morgan fingerprint density at radius 1 is 1.45 bits per heavy atom. The van der Waals surface area contributed by atoms with Crippen LogP contribution in [0.4, 0.5) is 5.69 Å². The normalized spacial score (nSPS) is 16.2. The van der Waals surface area contributed by atoms with E-state index in [1.165, 1.54) is 0 Å². The molecule has 2 rings (SSSR count). The van der Waals surface area contributed by atoms with Crippen molar-refractivity contribution in [3.05, 3.63) is 17.7 Å². The van der Waals surface area contributed by atoms with Crippen molar-refractivity contribution in [2.24, 2.45) is 5.84 Å². The molecule has 1 aliphatic rings. The number of aromatic nitrogens is 2. The van der Waals surface area contributed by atoms with Crippen LogP contribution < -0.4 is 16.6 Å². The number of hydrogen-bond donors (Lipinski definition) is 3. The first kappa shape index (κ1) is 15.1. The summed E-state index contributed by atoms with van der Waals surface area (Å²) in [4.78, 5) is 20.9. The van der Waals surface area contributed by atoms with Gasteiger partial charge in [-0.2, -0.15) is 11.8 Å². The van der Waals surface area contributed by atoms with Crippen LogP contribution in [0.3, 0.4) is 0 Å². The fourth-order valence-electron chi connectivity index (χ4n) is 2.05. The smallest absolute Gasteiger partial charge is 0.272 e. The highest BCUT2D eigenvalue weighted by atomic mass is 32.2. The monoisotopic (exact) mass is 295 g/mol. The van der Waals surface area contributed by atoms with Gasteiger partial charge in [-0.25, -0.2) is 9.97 Å². The van der Waals surface area contributed by atoms with Crippen LogP contribution in [0.5, 0.6) is 0 Å². The molecular weight excluding hydrogens is 274 g/mol. The average Bonchev–Trinajstić information content (AvgIpc) is 2.47. The van der Waals surface area contributed by atoms with Gasteiger partial charge in [-0.1, -0.05) is 13.8 Å². The van der Waals surface area contributed by atoms with Crippen molar-refractivity contribution in [1.29, 1.82) is 0 Å². The maximum atomic E-state index is 12.4. The molecule has 1 aromatic heterocycles. The maximum Gasteiger partial charge on any atom is 0.272 e. The van der Waals surface area contributed by atoms with Gasteiger partial charge in [0.1, 0.15) is 5.82 Å². The minimum atomic E-state index is -0.181. The predicted molar refractivity (Wildman–Crippen MR) is 81.7 cm³/mol. The Hall–Kier alpha value is -1.34. The lowest BCUT2D eigenvalue weighted by Crippen LogP contribution is -2.38. The molecule has 1 aromatic rings. The fourth-order valence-corrected chi connectivity index (χ4v) is 3.15. The number of carbonyl (C=O) groups excluding carboxylic acids is 1. The zero-order valence-electron chi connectivity index (χ0n) is 11.8. The molecule has 0 bridgehead atoms. The molecule has 1 amide bonds. The van der Waals surface area contributed by atoms with E-state index in [0.717, 1.165) is 24.3 Å². The Bertz CT molecular complexity index is 474. The molecule has 4 N–H and O–H groups in total. The van der Waals surface area contributed by atoms with Crippen molar-refractivity contribution < 1.29 is 4.79 Å². The quantitative estimate of drug-likeness (QED) is 0.576. The molecule has 1 aliphatic heterocycles. The van der Waals surface area contributed by atoms with Crippen LogP contribution in [0, 0.1) is 0 Å². The summed E-state index contributed by atoms with van der Waals surface area (Å²) in [6.45, 7) is 3.98. The summed E-state index contributed by atoms with van der Waals surface area (Å²) in [6.07, 6.45) is 3.57. The third kappa shape index (κ3) is 3.61. The van der Waals surface area contributed by atoms with Crippen molar-refractivity contribution in [2.75, 3.05) is 16.9 Å². The van der Waals surface area contributed by atoms with Crippen molar-refractivity contribution >= 4 is 23.4 Å². The summed E-state index contributed by atoms with van der Waals surface area (Å²) >= 11 is 1.93. The lowest BCUT2D eigenvalue weighted by Gasteiger charge is -2.22. The van der Waals surface area contributed by atoms with Gasteiger partial charge in [0.05, 0.1) is 11.9 Å². The average molecular weight is 295 g/mol. The van der Waals surface area contributed by atoms with E-state index < -0.39 is 0 Å². The first-order valence-electron chi connectivity index (χ1n) is 6.84. The van der Waals surface area contributed by atoms with Gasteiger partial charge in [-0.15, -0.1) is 0 Å². The highest BCUT2D eigenvalue weighted by molar-refractivity contribution is 7.99. The molecule has 0 spiro atoms. The number of hydrogen-bond acceptors (Lipinski definition) is 6. The van der Waals surface area contributed by atoms with Gasteiger partial charge < -0.3 is 10.7 Å². The second-order valence-corrected chi connectivity index (χ2v) is 6.37. The van der Waals surface area contributed by atoms with E-state index in [0.29, 0.717) is 17.2 Å². The minimum absolute atomic E-state index is 0.166. The maximum absolute atomic E-state index is 12.4. The number of anilines is 1. The van der Waals surface area contributed by atoms with E-state index in [9.17, 15) is 4.79 Å². The number of nitrogens with one attached hydrogen (secondary N) is 2. The van der Waals surface area contributed by atoms with E-state index in [4.69, 9.17) is 5.84 Å². The molecule has 0 saturated carbocycles. The van der Waals surface area contributed by atoms with Gasteiger partial charge in [-0.05, 0) is 24.3 Å². The molecule has 110 valence electrons. The van der Waals surface area contributed by atoms with E-state index >= 15 is 0 Å². The molecule has 1 saturated heterocycles. The van der Waals surface area contributed by atoms with Crippen LogP contribution in [0.25, 0.3) is 0 Å². The van der Waals surface area contributed by atoms with E-state index in [-0.39, 0.29) is 17.9 Å². The molecule has 1 fully saturated rings. The third-order valence-corrected chi connectivity index (χ3v) is 4.30. The fraction of sp³-hybridized carbons (Fsp3) is 0.615. The molecule has 0 radical (unpaired) electrons. The Kier molecular flexibility index (Phi) is 5.19. The zero-order valence-corrected chi connectivity index (χ0v) is 12.7. The summed E-state index contributed by atoms with van der Waals surface area (Å²) in [6, 6.07) is 0.229. The number of thioether (sulfide) groups is 1. The molecule has 6 nitrogen and oxygen atoms in total. The van der Waals surface area contributed by atoms with E-state index in [1.807, 2.05) is 25.6 Å². The summed E-state index contributed by atoms with van der Waals surface area (Å²) < 4.78 is 0. The van der Waals surface area contributed by atoms with Crippen LogP contribution in [0.15, 0.2) is 6.20 Å². The highest BCUT2D eigenvalue weighted by Crippen LogP contribution is 2.19. The van der Waals surface area contributed by atoms with Crippen LogP contribution in [0.2, 0.25) is 0 Å². The van der Waals surface area contributed by atoms with E-state index in [2.05, 4.69) is 20.7 Å². The molecule has 0 unspecified atom stereocenters. The third-order valence-electron chi connectivity index (χ3n) is 3.25. The van der Waals surface area contributed by atoms with Crippen LogP contribution in [0.1, 0.15) is 48.9 Å². The van der Waals surface area contributed by atoms with Gasteiger partial charge in [-0.3, -0.25) is 10.6 Å². The van der Waals surface area contributed by atoms with Gasteiger partial charge >= 0.3 is 0 Å². The lowest BCUT2D eigenvalue weighted by molar-refractivity contribution is 0.0930. The topological polar surface area (TPSA) is 92.9 Å². The molecule has 0 aromatic carbocycles. The highest BCUT2D eigenvalue weighted by Gasteiger charge is 2.21. The summed E-state index contributed by atoms with van der Waals surface area (Å²) in [7, 11) is 0. The first-order valence-corrected chi connectivity index (χ1v) is 7.99. The lowest BCUT2D eigenvalue weighted by atomic mass is 10.1. The number of hydrazine groups is 1. The second-order valence-electron chi connectivity index (χ2n) is 5.15. The Morgan fingerprint density at radius 2 is 2.15 bits per heavy atom. The number of nitrogen functional groups attached to an aromatic ring is 1. The van der Waals surface area contributed by atoms with E-state index in [1.54, 1.807) is 6.20 Å². The van der Waals surface area contributed by atoms with Gasteiger partial charge in [0.15, 0.2) is 5.69 Å². The van der Waals surface area contributed by atoms with Gasteiger partial charge in [0, 0.05) is 12.0 Å². The van der Waals surface area contributed by atoms with Crippen LogP contribution >= 0.6 is 11.8 Å². The Labute approximate surface area is 123 Å². The standard InChI is InChI=1S/C13H21N5OS/c1-8(2)12-15-7-10(18-14)11(17-12)13(19)16-9-3-5-20-6-4-9/h7-9,18H,3-6,14H2,1-2H3,(H,16,19). The minimum Gasteiger partial charge on any atom is -0.348 e. The van der Waals surface area contributed by atoms with Crippen molar-refractivity contribution in [3.8, 4) is 0 Å². The van der Waals surface area contributed by atoms with Crippen LogP contribution in [-0.4, -0.2) is 33.4 Å².